The average Bonchev–Trinajstić information content (AvgIpc) is 3.06. The molecule has 8 nitrogen and oxygen atoms in total. The fraction of sp³-hybridized carbons (Fsp3) is 0.523. The molecule has 0 bridgehead atoms. The maximum absolute atomic E-state index is 12.9. The molecule has 0 saturated heterocycles. The van der Waals surface area contributed by atoms with Crippen LogP contribution >= 0.6 is 0 Å². The van der Waals surface area contributed by atoms with E-state index in [-0.39, 0.29) is 5.41 Å². The molecule has 1 atom stereocenters. The van der Waals surface area contributed by atoms with E-state index in [1.807, 2.05) is 48.5 Å². The average molecular weight is 900 g/mol. The van der Waals surface area contributed by atoms with E-state index >= 15 is 0 Å². The second-order valence-electron chi connectivity index (χ2n) is 19.8. The number of carbonyl (C=O) groups is 1. The summed E-state index contributed by atoms with van der Waals surface area (Å²) in [4.78, 5) is 14.0. The number of para-hydroxylation sites is 2. The van der Waals surface area contributed by atoms with Gasteiger partial charge in [0.05, 0.1) is 7.11 Å². The maximum Gasteiger partial charge on any atom is 0.519 e. The Bertz CT molecular complexity index is 1820. The number of aryl methyl sites for hydroxylation is 2. The first-order valence-corrected chi connectivity index (χ1v) is 38.4. The molecule has 0 amide bonds. The second kappa shape index (κ2) is 20.0. The SMILES string of the molecule is C=C([Si](C)(C)O[Si](C)(C)C)[Si](C)(C)O[Si](C)(O[Si](C)(C)CCCc1ccccc1OC)O[Si](C)(C)CCCc1ccccc1OC(=O)Oc1ccc(C(C)(C)C)cc1. The molecule has 3 aromatic carbocycles. The van der Waals surface area contributed by atoms with Gasteiger partial charge in [0.1, 0.15) is 17.2 Å². The summed E-state index contributed by atoms with van der Waals surface area (Å²) in [6, 6.07) is 25.3. The fourth-order valence-corrected chi connectivity index (χ4v) is 37.7. The maximum atomic E-state index is 12.9. The Labute approximate surface area is 358 Å². The lowest BCUT2D eigenvalue weighted by Crippen LogP contribution is -2.62. The van der Waals surface area contributed by atoms with Crippen LogP contribution in [-0.4, -0.2) is 63.7 Å². The van der Waals surface area contributed by atoms with Gasteiger partial charge >= 0.3 is 15.0 Å². The Morgan fingerprint density at radius 3 is 1.50 bits per heavy atom. The molecule has 322 valence electrons. The van der Waals surface area contributed by atoms with E-state index in [0.29, 0.717) is 11.5 Å². The lowest BCUT2D eigenvalue weighted by atomic mass is 9.87. The van der Waals surface area contributed by atoms with Crippen LogP contribution in [0.25, 0.3) is 0 Å². The van der Waals surface area contributed by atoms with Crippen LogP contribution in [0.4, 0.5) is 4.79 Å². The molecule has 58 heavy (non-hydrogen) atoms. The minimum absolute atomic E-state index is 0.00623. The Hall–Kier alpha value is -2.39. The summed E-state index contributed by atoms with van der Waals surface area (Å²) < 4.78 is 45.7. The van der Waals surface area contributed by atoms with Crippen LogP contribution in [0.3, 0.4) is 0 Å². The van der Waals surface area contributed by atoms with Crippen LogP contribution in [0.15, 0.2) is 84.2 Å². The van der Waals surface area contributed by atoms with Gasteiger partial charge in [-0.05, 0) is 161 Å². The summed E-state index contributed by atoms with van der Waals surface area (Å²) in [6.07, 6.45) is 2.72. The molecule has 0 saturated carbocycles. The van der Waals surface area contributed by atoms with Crippen LogP contribution in [-0.2, 0) is 34.7 Å². The molecule has 0 fully saturated rings. The highest BCUT2D eigenvalue weighted by atomic mass is 28.5. The minimum atomic E-state index is -3.22. The molecule has 0 aliphatic heterocycles. The topological polar surface area (TPSA) is 81.7 Å². The van der Waals surface area contributed by atoms with E-state index in [0.717, 1.165) is 59.5 Å². The molecule has 3 aromatic rings. The van der Waals surface area contributed by atoms with E-state index in [4.69, 9.17) is 30.7 Å². The summed E-state index contributed by atoms with van der Waals surface area (Å²) in [6.45, 7) is 38.1. The van der Waals surface area contributed by atoms with Crippen molar-refractivity contribution in [3.8, 4) is 17.2 Å². The van der Waals surface area contributed by atoms with Crippen molar-refractivity contribution in [1.29, 1.82) is 0 Å². The molecule has 1 unspecified atom stereocenters. The van der Waals surface area contributed by atoms with Gasteiger partial charge in [0.2, 0.25) is 8.32 Å². The van der Waals surface area contributed by atoms with Gasteiger partial charge in [0.25, 0.3) is 0 Å². The van der Waals surface area contributed by atoms with Gasteiger partial charge in [-0.3, -0.25) is 0 Å². The second-order valence-corrected chi connectivity index (χ2v) is 44.8. The lowest BCUT2D eigenvalue weighted by molar-refractivity contribution is 0.151. The largest absolute Gasteiger partial charge is 0.519 e. The number of hydrogen-bond donors (Lipinski definition) is 0. The highest BCUT2D eigenvalue weighted by molar-refractivity contribution is 7.05. The Morgan fingerprint density at radius 2 is 1.03 bits per heavy atom. The van der Waals surface area contributed by atoms with Crippen molar-refractivity contribution >= 4 is 56.5 Å². The molecule has 0 radical (unpaired) electrons. The van der Waals surface area contributed by atoms with Gasteiger partial charge in [-0.1, -0.05) is 69.3 Å². The molecule has 0 aliphatic rings. The zero-order valence-corrected chi connectivity index (χ0v) is 44.6. The van der Waals surface area contributed by atoms with Gasteiger partial charge in [-0.15, -0.1) is 6.58 Å². The highest BCUT2D eigenvalue weighted by Crippen LogP contribution is 2.36. The standard InChI is InChI=1S/C44H74O8Si6/c1-36(56(13,14)49-53(6,7)8)57(15,16)52-58(17,50-54(9,10)34-22-26-37-24-18-20-28-41(37)46-5)51-55(11,12)35-23-27-38-25-19-21-29-42(38)48-43(45)47-40-32-30-39(31-33-40)44(2,3)4/h18-21,24-25,28-33H,1,22-23,26-27,34-35H2,2-17H3. The van der Waals surface area contributed by atoms with Crippen LogP contribution in [0.1, 0.15) is 50.3 Å². The number of ether oxygens (including phenoxy) is 3. The van der Waals surface area contributed by atoms with Gasteiger partial charge in [0.15, 0.2) is 33.3 Å². The normalized spacial score (nSPS) is 14.1. The summed E-state index contributed by atoms with van der Waals surface area (Å²) in [7, 11) is -12.8. The summed E-state index contributed by atoms with van der Waals surface area (Å²) in [5.74, 6) is 1.88. The molecule has 0 heterocycles. The molecule has 0 aliphatic carbocycles. The summed E-state index contributed by atoms with van der Waals surface area (Å²) >= 11 is 0. The summed E-state index contributed by atoms with van der Waals surface area (Å²) in [5, 5.41) is 0. The number of methoxy groups -OCH3 is 1. The number of hydrogen-bond acceptors (Lipinski definition) is 8. The van der Waals surface area contributed by atoms with Crippen LogP contribution in [0, 0.1) is 0 Å². The number of benzene rings is 3. The zero-order valence-electron chi connectivity index (χ0n) is 38.6. The monoisotopic (exact) mass is 898 g/mol. The van der Waals surface area contributed by atoms with E-state index in [9.17, 15) is 4.79 Å². The third-order valence-corrected chi connectivity index (χ3v) is 35.1. The molecule has 0 aromatic heterocycles. The first-order valence-electron chi connectivity index (χ1n) is 20.8. The summed E-state index contributed by atoms with van der Waals surface area (Å²) in [5.41, 5.74) is 3.33. The molecule has 3 rings (SSSR count). The minimum Gasteiger partial charge on any atom is -0.496 e. The van der Waals surface area contributed by atoms with Crippen molar-refractivity contribution in [2.75, 3.05) is 7.11 Å². The first kappa shape index (κ1) is 50.0. The van der Waals surface area contributed by atoms with Crippen molar-refractivity contribution in [1.82, 2.24) is 0 Å². The number of carbonyl (C=O) groups excluding carboxylic acids is 1. The van der Waals surface area contributed by atoms with Crippen LogP contribution in [0.5, 0.6) is 17.2 Å². The van der Waals surface area contributed by atoms with E-state index in [2.05, 4.69) is 118 Å². The smallest absolute Gasteiger partial charge is 0.496 e. The van der Waals surface area contributed by atoms with Crippen molar-refractivity contribution in [3.63, 3.8) is 0 Å². The Morgan fingerprint density at radius 1 is 0.586 bits per heavy atom. The van der Waals surface area contributed by atoms with Gasteiger partial charge in [0, 0.05) is 6.55 Å². The van der Waals surface area contributed by atoms with Crippen molar-refractivity contribution in [2.24, 2.45) is 0 Å². The predicted octanol–water partition coefficient (Wildman–Crippen LogP) is 13.1. The molecule has 0 N–H and O–H groups in total. The third kappa shape index (κ3) is 16.2. The van der Waals surface area contributed by atoms with E-state index < -0.39 is 56.5 Å². The lowest BCUT2D eigenvalue weighted by Gasteiger charge is -2.46. The van der Waals surface area contributed by atoms with E-state index in [1.54, 1.807) is 19.2 Å². The predicted molar refractivity (Wildman–Crippen MR) is 256 cm³/mol. The molecule has 14 heteroatoms. The van der Waals surface area contributed by atoms with Crippen molar-refractivity contribution in [2.45, 2.75) is 143 Å². The van der Waals surface area contributed by atoms with Gasteiger partial charge in [-0.25, -0.2) is 4.79 Å². The zero-order chi connectivity index (χ0) is 43.8. The molecular formula is C44H74O8Si6. The first-order chi connectivity index (χ1) is 26.6. The van der Waals surface area contributed by atoms with Crippen LogP contribution < -0.4 is 14.2 Å². The highest BCUT2D eigenvalue weighted by Gasteiger charge is 2.52. The van der Waals surface area contributed by atoms with Crippen molar-refractivity contribution in [3.05, 3.63) is 101 Å². The van der Waals surface area contributed by atoms with Crippen molar-refractivity contribution < 1.29 is 35.5 Å². The fourth-order valence-electron chi connectivity index (χ4n) is 7.60. The van der Waals surface area contributed by atoms with Crippen LogP contribution in [0.2, 0.25) is 90.7 Å². The quantitative estimate of drug-likeness (QED) is 0.0594. The Kier molecular flexibility index (Phi) is 17.2. The number of rotatable bonds is 21. The van der Waals surface area contributed by atoms with Gasteiger partial charge in [-0.2, -0.15) is 0 Å². The van der Waals surface area contributed by atoms with Gasteiger partial charge < -0.3 is 30.7 Å². The van der Waals surface area contributed by atoms with E-state index in [1.165, 1.54) is 5.56 Å². The third-order valence-electron chi connectivity index (χ3n) is 10.1. The molecular weight excluding hydrogens is 825 g/mol. The molecule has 0 spiro atoms. The Balaban J connectivity index is 1.76.